The second-order valence-electron chi connectivity index (χ2n) is 5.22. The molecule has 1 aromatic carbocycles. The van der Waals surface area contributed by atoms with Crippen LogP contribution in [-0.4, -0.2) is 28.5 Å². The number of aryl methyl sites for hydroxylation is 2. The van der Waals surface area contributed by atoms with Crippen LogP contribution in [0.3, 0.4) is 0 Å². The third-order valence-electron chi connectivity index (χ3n) is 3.44. The predicted octanol–water partition coefficient (Wildman–Crippen LogP) is 2.50. The molecule has 0 saturated heterocycles. The second kappa shape index (κ2) is 7.53. The van der Waals surface area contributed by atoms with Gasteiger partial charge in [0.15, 0.2) is 0 Å². The number of nitrogens with one attached hydrogen (secondary N) is 1. The molecule has 0 fully saturated rings. The Balaban J connectivity index is 2.83. The molecule has 0 bridgehead atoms. The van der Waals surface area contributed by atoms with E-state index < -0.39 is 10.9 Å². The number of nitro benzene ring substituents is 1. The van der Waals surface area contributed by atoms with Gasteiger partial charge in [-0.3, -0.25) is 19.7 Å². The Hall–Kier alpha value is -2.44. The lowest BCUT2D eigenvalue weighted by Gasteiger charge is -2.12. The third kappa shape index (κ3) is 4.28. The van der Waals surface area contributed by atoms with Crippen molar-refractivity contribution in [3.63, 3.8) is 0 Å². The number of carbonyl (C=O) groups is 2. The summed E-state index contributed by atoms with van der Waals surface area (Å²) in [4.78, 5) is 33.2. The van der Waals surface area contributed by atoms with Gasteiger partial charge in [-0.25, -0.2) is 0 Å². The van der Waals surface area contributed by atoms with Crippen LogP contribution in [0.2, 0.25) is 0 Å². The summed E-state index contributed by atoms with van der Waals surface area (Å²) in [5.41, 5.74) is 1.84. The van der Waals surface area contributed by atoms with Gasteiger partial charge < -0.3 is 10.4 Å². The Labute approximate surface area is 128 Å². The summed E-state index contributed by atoms with van der Waals surface area (Å²) in [7, 11) is 0. The number of carboxylic acid groups (broad SMARTS) is 1. The summed E-state index contributed by atoms with van der Waals surface area (Å²) in [5.74, 6) is -1.24. The Morgan fingerprint density at radius 3 is 2.41 bits per heavy atom. The van der Waals surface area contributed by atoms with Crippen molar-refractivity contribution in [2.24, 2.45) is 0 Å². The number of hydrogen-bond donors (Lipinski definition) is 2. The molecule has 7 heteroatoms. The van der Waals surface area contributed by atoms with Crippen molar-refractivity contribution in [3.05, 3.63) is 38.4 Å². The Bertz CT molecular complexity index is 610. The molecule has 0 atom stereocenters. The monoisotopic (exact) mass is 308 g/mol. The van der Waals surface area contributed by atoms with Gasteiger partial charge in [0.05, 0.1) is 10.5 Å². The van der Waals surface area contributed by atoms with Crippen molar-refractivity contribution in [1.29, 1.82) is 0 Å². The molecule has 1 amide bonds. The van der Waals surface area contributed by atoms with E-state index in [1.165, 1.54) is 0 Å². The van der Waals surface area contributed by atoms with Crippen molar-refractivity contribution in [2.45, 2.75) is 40.0 Å². The highest BCUT2D eigenvalue weighted by Gasteiger charge is 2.23. The Morgan fingerprint density at radius 1 is 1.23 bits per heavy atom. The van der Waals surface area contributed by atoms with E-state index in [4.69, 9.17) is 5.11 Å². The minimum absolute atomic E-state index is 0.0402. The summed E-state index contributed by atoms with van der Waals surface area (Å²) < 4.78 is 0. The van der Waals surface area contributed by atoms with E-state index in [-0.39, 0.29) is 18.0 Å². The summed E-state index contributed by atoms with van der Waals surface area (Å²) >= 11 is 0. The summed E-state index contributed by atoms with van der Waals surface area (Å²) in [6.07, 6.45) is 1.08. The number of unbranched alkanes of at least 4 members (excludes halogenated alkanes) is 1. The van der Waals surface area contributed by atoms with Crippen molar-refractivity contribution >= 4 is 17.6 Å². The number of hydrogen-bond acceptors (Lipinski definition) is 4. The normalized spacial score (nSPS) is 10.3. The minimum Gasteiger partial charge on any atom is -0.481 e. The quantitative estimate of drug-likeness (QED) is 0.457. The highest BCUT2D eigenvalue weighted by molar-refractivity contribution is 5.98. The van der Waals surface area contributed by atoms with E-state index in [1.54, 1.807) is 26.8 Å². The molecule has 0 aromatic heterocycles. The largest absolute Gasteiger partial charge is 0.481 e. The maximum Gasteiger partial charge on any atom is 0.303 e. The van der Waals surface area contributed by atoms with E-state index in [9.17, 15) is 19.7 Å². The van der Waals surface area contributed by atoms with Gasteiger partial charge in [0.2, 0.25) is 0 Å². The van der Waals surface area contributed by atoms with Gasteiger partial charge >= 0.3 is 5.97 Å². The van der Waals surface area contributed by atoms with Gasteiger partial charge in [-0.05, 0) is 45.2 Å². The molecule has 0 unspecified atom stereocenters. The lowest BCUT2D eigenvalue weighted by Crippen LogP contribution is -2.26. The van der Waals surface area contributed by atoms with E-state index in [1.807, 2.05) is 0 Å². The summed E-state index contributed by atoms with van der Waals surface area (Å²) in [6.45, 7) is 5.29. The van der Waals surface area contributed by atoms with Crippen LogP contribution in [0.25, 0.3) is 0 Å². The number of nitrogens with zero attached hydrogens (tertiary/aromatic N) is 1. The highest BCUT2D eigenvalue weighted by Crippen LogP contribution is 2.28. The molecular weight excluding hydrogens is 288 g/mol. The van der Waals surface area contributed by atoms with Crippen LogP contribution in [0.1, 0.15) is 46.3 Å². The number of carboxylic acids is 1. The number of rotatable bonds is 7. The van der Waals surface area contributed by atoms with E-state index >= 15 is 0 Å². The summed E-state index contributed by atoms with van der Waals surface area (Å²) in [6, 6.07) is 1.63. The number of amides is 1. The molecule has 7 nitrogen and oxygen atoms in total. The van der Waals surface area contributed by atoms with Crippen LogP contribution in [0.5, 0.6) is 0 Å². The smallest absolute Gasteiger partial charge is 0.303 e. The molecule has 0 radical (unpaired) electrons. The number of nitro groups is 1. The highest BCUT2D eigenvalue weighted by atomic mass is 16.6. The van der Waals surface area contributed by atoms with Gasteiger partial charge in [0.25, 0.3) is 11.6 Å². The molecule has 0 aliphatic carbocycles. The first-order valence-corrected chi connectivity index (χ1v) is 7.01. The van der Waals surface area contributed by atoms with Crippen LogP contribution in [0, 0.1) is 30.9 Å². The molecule has 0 aliphatic heterocycles. The van der Waals surface area contributed by atoms with Crippen LogP contribution >= 0.6 is 0 Å². The van der Waals surface area contributed by atoms with E-state index in [0.29, 0.717) is 41.6 Å². The molecule has 120 valence electrons. The molecule has 1 rings (SSSR count). The molecule has 1 aromatic rings. The SMILES string of the molecule is Cc1cc(C)c([N+](=O)[O-])c(C)c1C(=O)NCCCCC(=O)O. The van der Waals surface area contributed by atoms with Crippen LogP contribution in [0.4, 0.5) is 5.69 Å². The molecule has 2 N–H and O–H groups in total. The van der Waals surface area contributed by atoms with Crippen molar-refractivity contribution in [2.75, 3.05) is 6.54 Å². The average Bonchev–Trinajstić information content (AvgIpc) is 2.36. The predicted molar refractivity (Wildman–Crippen MR) is 81.1 cm³/mol. The van der Waals surface area contributed by atoms with Gasteiger partial charge in [-0.1, -0.05) is 0 Å². The summed E-state index contributed by atoms with van der Waals surface area (Å²) in [5, 5.41) is 22.3. The zero-order valence-electron chi connectivity index (χ0n) is 12.9. The molecule has 0 spiro atoms. The van der Waals surface area contributed by atoms with E-state index in [2.05, 4.69) is 5.32 Å². The van der Waals surface area contributed by atoms with Gasteiger partial charge in [-0.2, -0.15) is 0 Å². The average molecular weight is 308 g/mol. The second-order valence-corrected chi connectivity index (χ2v) is 5.22. The van der Waals surface area contributed by atoms with Gasteiger partial charge in [-0.15, -0.1) is 0 Å². The first-order chi connectivity index (χ1) is 10.3. The number of carbonyl (C=O) groups excluding carboxylic acids is 1. The van der Waals surface area contributed by atoms with Crippen LogP contribution < -0.4 is 5.32 Å². The number of aliphatic carboxylic acids is 1. The standard InChI is InChI=1S/C15H20N2O5/c1-9-8-10(2)14(17(21)22)11(3)13(9)15(20)16-7-5-4-6-12(18)19/h8H,4-7H2,1-3H3,(H,16,20)(H,18,19). The first-order valence-electron chi connectivity index (χ1n) is 7.01. The minimum atomic E-state index is -0.868. The lowest BCUT2D eigenvalue weighted by atomic mass is 9.97. The van der Waals surface area contributed by atoms with Gasteiger partial charge in [0.1, 0.15) is 0 Å². The number of benzene rings is 1. The van der Waals surface area contributed by atoms with Crippen molar-refractivity contribution in [1.82, 2.24) is 5.32 Å². The van der Waals surface area contributed by atoms with Crippen LogP contribution in [-0.2, 0) is 4.79 Å². The molecule has 22 heavy (non-hydrogen) atoms. The zero-order chi connectivity index (χ0) is 16.9. The topological polar surface area (TPSA) is 110 Å². The van der Waals surface area contributed by atoms with Crippen LogP contribution in [0.15, 0.2) is 6.07 Å². The Kier molecular flexibility index (Phi) is 6.03. The molecule has 0 saturated carbocycles. The first kappa shape index (κ1) is 17.6. The fourth-order valence-electron chi connectivity index (χ4n) is 2.50. The maximum atomic E-state index is 12.2. The molecule has 0 heterocycles. The Morgan fingerprint density at radius 2 is 1.86 bits per heavy atom. The fraction of sp³-hybridized carbons (Fsp3) is 0.467. The van der Waals surface area contributed by atoms with Crippen molar-refractivity contribution in [3.8, 4) is 0 Å². The maximum absolute atomic E-state index is 12.2. The zero-order valence-corrected chi connectivity index (χ0v) is 12.9. The molecule has 0 aliphatic rings. The molecular formula is C15H20N2O5. The fourth-order valence-corrected chi connectivity index (χ4v) is 2.50. The van der Waals surface area contributed by atoms with Crippen molar-refractivity contribution < 1.29 is 19.6 Å². The third-order valence-corrected chi connectivity index (χ3v) is 3.44. The lowest BCUT2D eigenvalue weighted by molar-refractivity contribution is -0.386. The van der Waals surface area contributed by atoms with Gasteiger partial charge in [0, 0.05) is 24.1 Å². The van der Waals surface area contributed by atoms with E-state index in [0.717, 1.165) is 0 Å².